The minimum atomic E-state index is -0.614. The zero-order valence-electron chi connectivity index (χ0n) is 9.61. The van der Waals surface area contributed by atoms with Crippen molar-refractivity contribution in [3.05, 3.63) is 65.5 Å². The lowest BCUT2D eigenvalue weighted by atomic mass is 10.0. The molecule has 0 aliphatic carbocycles. The van der Waals surface area contributed by atoms with E-state index in [-0.39, 0.29) is 6.04 Å². The smallest absolute Gasteiger partial charge is 0.126 e. The lowest BCUT2D eigenvalue weighted by Gasteiger charge is -2.16. The summed E-state index contributed by atoms with van der Waals surface area (Å²) < 4.78 is 26.3. The summed E-state index contributed by atoms with van der Waals surface area (Å²) in [7, 11) is 0. The topological polar surface area (TPSA) is 50.9 Å². The zero-order chi connectivity index (χ0) is 13.0. The fourth-order valence-electron chi connectivity index (χ4n) is 1.80. The lowest BCUT2D eigenvalue weighted by Crippen LogP contribution is -2.29. The van der Waals surface area contributed by atoms with Crippen molar-refractivity contribution in [2.24, 2.45) is 5.84 Å². The van der Waals surface area contributed by atoms with E-state index in [1.165, 1.54) is 12.1 Å². The lowest BCUT2D eigenvalue weighted by molar-refractivity contribution is 0.530. The van der Waals surface area contributed by atoms with Crippen molar-refractivity contribution < 1.29 is 8.78 Å². The summed E-state index contributed by atoms with van der Waals surface area (Å²) in [5.41, 5.74) is 3.97. The monoisotopic (exact) mass is 249 g/mol. The molecular weight excluding hydrogens is 236 g/mol. The van der Waals surface area contributed by atoms with Gasteiger partial charge in [-0.25, -0.2) is 8.78 Å². The maximum Gasteiger partial charge on any atom is 0.126 e. The van der Waals surface area contributed by atoms with Gasteiger partial charge in [0.15, 0.2) is 0 Å². The van der Waals surface area contributed by atoms with Crippen LogP contribution in [0.2, 0.25) is 0 Å². The third-order valence-electron chi connectivity index (χ3n) is 2.65. The van der Waals surface area contributed by atoms with Gasteiger partial charge in [0, 0.05) is 18.5 Å². The number of nitrogens with zero attached hydrogens (tertiary/aromatic N) is 1. The van der Waals surface area contributed by atoms with E-state index in [9.17, 15) is 8.78 Å². The molecule has 1 unspecified atom stereocenters. The molecule has 0 saturated carbocycles. The number of halogens is 2. The number of hydrogen-bond acceptors (Lipinski definition) is 3. The third-order valence-corrected chi connectivity index (χ3v) is 2.65. The average Bonchev–Trinajstić information content (AvgIpc) is 2.36. The van der Waals surface area contributed by atoms with Gasteiger partial charge >= 0.3 is 0 Å². The molecule has 1 heterocycles. The molecule has 2 rings (SSSR count). The Balaban J connectivity index is 2.23. The van der Waals surface area contributed by atoms with Crippen LogP contribution in [0.25, 0.3) is 0 Å². The van der Waals surface area contributed by atoms with Crippen molar-refractivity contribution in [3.8, 4) is 0 Å². The second kappa shape index (κ2) is 5.66. The SMILES string of the molecule is NNC(Cc1cccnc1)c1cc(F)cc(F)c1. The van der Waals surface area contributed by atoms with Crippen LogP contribution in [0.1, 0.15) is 17.2 Å². The van der Waals surface area contributed by atoms with Crippen LogP contribution in [0.3, 0.4) is 0 Å². The molecule has 0 bridgehead atoms. The van der Waals surface area contributed by atoms with E-state index in [1.807, 2.05) is 6.07 Å². The van der Waals surface area contributed by atoms with Crippen molar-refractivity contribution in [1.82, 2.24) is 10.4 Å². The molecule has 0 saturated heterocycles. The molecule has 1 aromatic heterocycles. The van der Waals surface area contributed by atoms with Gasteiger partial charge in [-0.3, -0.25) is 16.3 Å². The Morgan fingerprint density at radius 3 is 2.50 bits per heavy atom. The molecule has 0 amide bonds. The summed E-state index contributed by atoms with van der Waals surface area (Å²) in [5, 5.41) is 0. The molecule has 3 nitrogen and oxygen atoms in total. The molecule has 1 atom stereocenters. The Kier molecular flexibility index (Phi) is 3.96. The molecular formula is C13H13F2N3. The molecule has 18 heavy (non-hydrogen) atoms. The molecule has 94 valence electrons. The first-order chi connectivity index (χ1) is 8.69. The Bertz CT molecular complexity index is 497. The molecule has 0 aliphatic rings. The van der Waals surface area contributed by atoms with Crippen molar-refractivity contribution in [3.63, 3.8) is 0 Å². The third kappa shape index (κ3) is 3.09. The summed E-state index contributed by atoms with van der Waals surface area (Å²) >= 11 is 0. The first kappa shape index (κ1) is 12.6. The van der Waals surface area contributed by atoms with Gasteiger partial charge in [0.25, 0.3) is 0 Å². The van der Waals surface area contributed by atoms with Crippen LogP contribution in [-0.2, 0) is 6.42 Å². The van der Waals surface area contributed by atoms with Crippen LogP contribution in [-0.4, -0.2) is 4.98 Å². The van der Waals surface area contributed by atoms with E-state index >= 15 is 0 Å². The Labute approximate surface area is 104 Å². The summed E-state index contributed by atoms with van der Waals surface area (Å²) in [6.45, 7) is 0. The quantitative estimate of drug-likeness (QED) is 0.644. The normalized spacial score (nSPS) is 12.4. The van der Waals surface area contributed by atoms with Gasteiger partial charge in [-0.2, -0.15) is 0 Å². The van der Waals surface area contributed by atoms with Gasteiger partial charge in [-0.05, 0) is 35.7 Å². The van der Waals surface area contributed by atoms with Crippen LogP contribution < -0.4 is 11.3 Å². The van der Waals surface area contributed by atoms with E-state index in [0.717, 1.165) is 11.6 Å². The number of pyridine rings is 1. The largest absolute Gasteiger partial charge is 0.271 e. The van der Waals surface area contributed by atoms with Crippen molar-refractivity contribution in [2.45, 2.75) is 12.5 Å². The van der Waals surface area contributed by atoms with Gasteiger partial charge in [-0.1, -0.05) is 6.07 Å². The maximum absolute atomic E-state index is 13.1. The van der Waals surface area contributed by atoms with E-state index in [2.05, 4.69) is 10.4 Å². The maximum atomic E-state index is 13.1. The highest BCUT2D eigenvalue weighted by atomic mass is 19.1. The number of hydrogen-bond donors (Lipinski definition) is 2. The first-order valence-corrected chi connectivity index (χ1v) is 5.50. The number of aromatic nitrogens is 1. The number of nitrogens with one attached hydrogen (secondary N) is 1. The molecule has 0 aliphatic heterocycles. The second-order valence-electron chi connectivity index (χ2n) is 3.99. The highest BCUT2D eigenvalue weighted by molar-refractivity contribution is 5.24. The molecule has 5 heteroatoms. The Morgan fingerprint density at radius 1 is 1.22 bits per heavy atom. The van der Waals surface area contributed by atoms with Crippen LogP contribution in [0.5, 0.6) is 0 Å². The van der Waals surface area contributed by atoms with E-state index in [1.54, 1.807) is 18.5 Å². The number of rotatable bonds is 4. The van der Waals surface area contributed by atoms with E-state index < -0.39 is 11.6 Å². The summed E-state index contributed by atoms with van der Waals surface area (Å²) in [5.74, 6) is 4.21. The number of hydrazine groups is 1. The molecule has 3 N–H and O–H groups in total. The molecule has 0 radical (unpaired) electrons. The van der Waals surface area contributed by atoms with Gasteiger partial charge < -0.3 is 0 Å². The minimum Gasteiger partial charge on any atom is -0.271 e. The van der Waals surface area contributed by atoms with Crippen LogP contribution in [0.4, 0.5) is 8.78 Å². The number of benzene rings is 1. The number of nitrogens with two attached hydrogens (primary N) is 1. The first-order valence-electron chi connectivity index (χ1n) is 5.50. The standard InChI is InChI=1S/C13H13F2N3/c14-11-5-10(6-12(15)7-11)13(18-16)4-9-2-1-3-17-8-9/h1-3,5-8,13,18H,4,16H2. The fourth-order valence-corrected chi connectivity index (χ4v) is 1.80. The van der Waals surface area contributed by atoms with Crippen molar-refractivity contribution in [2.75, 3.05) is 0 Å². The predicted molar refractivity (Wildman–Crippen MR) is 64.4 cm³/mol. The Hall–Kier alpha value is -1.85. The van der Waals surface area contributed by atoms with E-state index in [0.29, 0.717) is 12.0 Å². The molecule has 1 aromatic carbocycles. The van der Waals surface area contributed by atoms with Gasteiger partial charge in [0.05, 0.1) is 6.04 Å². The van der Waals surface area contributed by atoms with E-state index in [4.69, 9.17) is 5.84 Å². The summed E-state index contributed by atoms with van der Waals surface area (Å²) in [4.78, 5) is 3.98. The second-order valence-corrected chi connectivity index (χ2v) is 3.99. The minimum absolute atomic E-state index is 0.362. The highest BCUT2D eigenvalue weighted by Crippen LogP contribution is 2.19. The van der Waals surface area contributed by atoms with Crippen LogP contribution in [0.15, 0.2) is 42.7 Å². The van der Waals surface area contributed by atoms with Crippen molar-refractivity contribution >= 4 is 0 Å². The average molecular weight is 249 g/mol. The molecule has 2 aromatic rings. The molecule has 0 spiro atoms. The summed E-state index contributed by atoms with van der Waals surface area (Å²) in [6, 6.07) is 6.69. The van der Waals surface area contributed by atoms with Crippen LogP contribution >= 0.6 is 0 Å². The predicted octanol–water partition coefficient (Wildman–Crippen LogP) is 2.11. The van der Waals surface area contributed by atoms with Crippen molar-refractivity contribution in [1.29, 1.82) is 0 Å². The zero-order valence-corrected chi connectivity index (χ0v) is 9.61. The van der Waals surface area contributed by atoms with Crippen LogP contribution in [0, 0.1) is 11.6 Å². The summed E-state index contributed by atoms with van der Waals surface area (Å²) in [6.07, 6.45) is 3.86. The Morgan fingerprint density at radius 2 is 1.94 bits per heavy atom. The highest BCUT2D eigenvalue weighted by Gasteiger charge is 2.13. The fraction of sp³-hybridized carbons (Fsp3) is 0.154. The van der Waals surface area contributed by atoms with Gasteiger partial charge in [0.2, 0.25) is 0 Å². The van der Waals surface area contributed by atoms with Gasteiger partial charge in [0.1, 0.15) is 11.6 Å². The van der Waals surface area contributed by atoms with Gasteiger partial charge in [-0.15, -0.1) is 0 Å². The molecule has 0 fully saturated rings.